The summed E-state index contributed by atoms with van der Waals surface area (Å²) in [7, 11) is 0. The van der Waals surface area contributed by atoms with Crippen LogP contribution in [0.5, 0.6) is 0 Å². The monoisotopic (exact) mass is 368 g/mol. The summed E-state index contributed by atoms with van der Waals surface area (Å²) in [5.74, 6) is -0.772. The van der Waals surface area contributed by atoms with Crippen LogP contribution in [0.25, 0.3) is 0 Å². The van der Waals surface area contributed by atoms with E-state index in [2.05, 4.69) is 10.3 Å². The van der Waals surface area contributed by atoms with Crippen molar-refractivity contribution in [2.24, 2.45) is 0 Å². The Labute approximate surface area is 149 Å². The molecule has 2 atom stereocenters. The molecule has 1 amide bonds. The first-order valence-electron chi connectivity index (χ1n) is 7.59. The standard InChI is InChI=1S/C17H18ClFN2O4/c18-15-8-12(13(19)9-21-15)16(23)14(22)6-7-20-17(24)25-10-11-4-2-1-3-5-11/h1-5,8-9,14,16,22-23H,6-7,10H2,(H,20,24). The quantitative estimate of drug-likeness (QED) is 0.653. The number of pyridine rings is 1. The Hall–Kier alpha value is -2.22. The molecule has 3 N–H and O–H groups in total. The average Bonchev–Trinajstić information content (AvgIpc) is 2.62. The maximum absolute atomic E-state index is 13.6. The van der Waals surface area contributed by atoms with Gasteiger partial charge in [-0.25, -0.2) is 14.2 Å². The fourth-order valence-corrected chi connectivity index (χ4v) is 2.28. The number of carbonyl (C=O) groups excluding carboxylic acids is 1. The number of nitrogens with one attached hydrogen (secondary N) is 1. The zero-order chi connectivity index (χ0) is 18.2. The van der Waals surface area contributed by atoms with Gasteiger partial charge in [-0.2, -0.15) is 0 Å². The molecule has 0 aliphatic heterocycles. The molecule has 2 unspecified atom stereocenters. The molecular weight excluding hydrogens is 351 g/mol. The Morgan fingerprint density at radius 3 is 2.76 bits per heavy atom. The van der Waals surface area contributed by atoms with E-state index in [0.29, 0.717) is 0 Å². The molecule has 1 heterocycles. The van der Waals surface area contributed by atoms with Crippen molar-refractivity contribution in [1.29, 1.82) is 0 Å². The van der Waals surface area contributed by atoms with E-state index in [9.17, 15) is 19.4 Å². The first-order chi connectivity index (χ1) is 12.0. The van der Waals surface area contributed by atoms with Crippen LogP contribution < -0.4 is 5.32 Å². The third-order valence-corrected chi connectivity index (χ3v) is 3.66. The van der Waals surface area contributed by atoms with E-state index >= 15 is 0 Å². The van der Waals surface area contributed by atoms with Gasteiger partial charge in [-0.1, -0.05) is 41.9 Å². The number of aliphatic hydroxyl groups is 2. The van der Waals surface area contributed by atoms with Crippen LogP contribution >= 0.6 is 11.6 Å². The second kappa shape index (κ2) is 9.31. The van der Waals surface area contributed by atoms with Gasteiger partial charge >= 0.3 is 6.09 Å². The maximum atomic E-state index is 13.6. The summed E-state index contributed by atoms with van der Waals surface area (Å²) in [5, 5.41) is 22.4. The molecule has 1 aromatic heterocycles. The zero-order valence-electron chi connectivity index (χ0n) is 13.2. The number of rotatable bonds is 7. The molecule has 0 saturated heterocycles. The van der Waals surface area contributed by atoms with Gasteiger partial charge in [0.2, 0.25) is 0 Å². The first kappa shape index (κ1) is 19.1. The Kier molecular flexibility index (Phi) is 7.12. The normalized spacial score (nSPS) is 13.1. The van der Waals surface area contributed by atoms with Gasteiger partial charge in [-0.3, -0.25) is 0 Å². The second-order valence-electron chi connectivity index (χ2n) is 5.32. The number of ether oxygens (including phenoxy) is 1. The van der Waals surface area contributed by atoms with Crippen LogP contribution in [0.1, 0.15) is 23.7 Å². The molecule has 0 bridgehead atoms. The molecule has 0 saturated carbocycles. The summed E-state index contributed by atoms with van der Waals surface area (Å²) in [4.78, 5) is 15.1. The van der Waals surface area contributed by atoms with Crippen molar-refractivity contribution >= 4 is 17.7 Å². The van der Waals surface area contributed by atoms with Crippen molar-refractivity contribution in [2.45, 2.75) is 25.2 Å². The maximum Gasteiger partial charge on any atom is 0.407 e. The molecule has 25 heavy (non-hydrogen) atoms. The summed E-state index contributed by atoms with van der Waals surface area (Å²) in [6, 6.07) is 10.3. The molecular formula is C17H18ClFN2O4. The number of amides is 1. The third kappa shape index (κ3) is 5.97. The van der Waals surface area contributed by atoms with E-state index in [1.165, 1.54) is 0 Å². The molecule has 6 nitrogen and oxygen atoms in total. The van der Waals surface area contributed by atoms with Crippen LogP contribution in [0, 0.1) is 5.82 Å². The topological polar surface area (TPSA) is 91.7 Å². The lowest BCUT2D eigenvalue weighted by Crippen LogP contribution is -2.30. The van der Waals surface area contributed by atoms with E-state index in [0.717, 1.165) is 17.8 Å². The molecule has 2 aromatic rings. The second-order valence-corrected chi connectivity index (χ2v) is 5.71. The number of halogens is 2. The number of aromatic nitrogens is 1. The summed E-state index contributed by atoms with van der Waals surface area (Å²) in [5.41, 5.74) is 0.692. The molecule has 2 rings (SSSR count). The predicted octanol–water partition coefficient (Wildman–Crippen LogP) is 2.58. The molecule has 0 radical (unpaired) electrons. The highest BCUT2D eigenvalue weighted by Gasteiger charge is 2.22. The Morgan fingerprint density at radius 1 is 1.32 bits per heavy atom. The van der Waals surface area contributed by atoms with Crippen LogP contribution in [-0.4, -0.2) is 33.9 Å². The van der Waals surface area contributed by atoms with Gasteiger partial charge in [-0.15, -0.1) is 0 Å². The number of carbonyl (C=O) groups is 1. The van der Waals surface area contributed by atoms with Crippen molar-refractivity contribution in [3.63, 3.8) is 0 Å². The van der Waals surface area contributed by atoms with Gasteiger partial charge in [0.25, 0.3) is 0 Å². The highest BCUT2D eigenvalue weighted by Crippen LogP contribution is 2.23. The lowest BCUT2D eigenvalue weighted by Gasteiger charge is -2.18. The SMILES string of the molecule is O=C(NCCC(O)C(O)c1cc(Cl)ncc1F)OCc1ccccc1. The van der Waals surface area contributed by atoms with E-state index in [4.69, 9.17) is 16.3 Å². The van der Waals surface area contributed by atoms with Gasteiger partial charge in [0.05, 0.1) is 12.3 Å². The highest BCUT2D eigenvalue weighted by atomic mass is 35.5. The Morgan fingerprint density at radius 2 is 2.04 bits per heavy atom. The van der Waals surface area contributed by atoms with Crippen LogP contribution in [0.3, 0.4) is 0 Å². The number of aliphatic hydroxyl groups excluding tert-OH is 2. The molecule has 0 aliphatic carbocycles. The first-order valence-corrected chi connectivity index (χ1v) is 7.97. The van der Waals surface area contributed by atoms with E-state index in [1.54, 1.807) is 0 Å². The Bertz CT molecular complexity index is 702. The minimum absolute atomic E-state index is 0.000978. The number of hydrogen-bond acceptors (Lipinski definition) is 5. The molecule has 0 aliphatic rings. The van der Waals surface area contributed by atoms with Gasteiger partial charge < -0.3 is 20.3 Å². The van der Waals surface area contributed by atoms with Crippen LogP contribution in [0.15, 0.2) is 42.6 Å². The Balaban J connectivity index is 1.75. The summed E-state index contributed by atoms with van der Waals surface area (Å²) < 4.78 is 18.6. The lowest BCUT2D eigenvalue weighted by atomic mass is 10.0. The van der Waals surface area contributed by atoms with Gasteiger partial charge in [-0.05, 0) is 18.1 Å². The molecule has 1 aromatic carbocycles. The average molecular weight is 369 g/mol. The van der Waals surface area contributed by atoms with Crippen molar-refractivity contribution in [1.82, 2.24) is 10.3 Å². The number of hydrogen-bond donors (Lipinski definition) is 3. The molecule has 0 fully saturated rings. The minimum atomic E-state index is -1.48. The fraction of sp³-hybridized carbons (Fsp3) is 0.294. The molecule has 8 heteroatoms. The third-order valence-electron chi connectivity index (χ3n) is 3.46. The number of alkyl carbamates (subject to hydrolysis) is 1. The summed E-state index contributed by atoms with van der Waals surface area (Å²) in [6.07, 6.45) is -2.55. The van der Waals surface area contributed by atoms with Crippen molar-refractivity contribution in [3.05, 3.63) is 64.7 Å². The van der Waals surface area contributed by atoms with E-state index in [1.807, 2.05) is 30.3 Å². The van der Waals surface area contributed by atoms with Crippen molar-refractivity contribution in [2.75, 3.05) is 6.54 Å². The van der Waals surface area contributed by atoms with Gasteiger partial charge in [0.1, 0.15) is 23.7 Å². The lowest BCUT2D eigenvalue weighted by molar-refractivity contribution is 0.0115. The minimum Gasteiger partial charge on any atom is -0.445 e. The van der Waals surface area contributed by atoms with Crippen LogP contribution in [0.2, 0.25) is 5.15 Å². The van der Waals surface area contributed by atoms with E-state index in [-0.39, 0.29) is 30.3 Å². The summed E-state index contributed by atoms with van der Waals surface area (Å²) >= 11 is 5.65. The van der Waals surface area contributed by atoms with Gasteiger partial charge in [0, 0.05) is 12.1 Å². The van der Waals surface area contributed by atoms with E-state index < -0.39 is 24.1 Å². The predicted molar refractivity (Wildman–Crippen MR) is 89.4 cm³/mol. The number of benzene rings is 1. The molecule has 0 spiro atoms. The largest absolute Gasteiger partial charge is 0.445 e. The van der Waals surface area contributed by atoms with Crippen LogP contribution in [0.4, 0.5) is 9.18 Å². The van der Waals surface area contributed by atoms with Crippen molar-refractivity contribution in [3.8, 4) is 0 Å². The smallest absolute Gasteiger partial charge is 0.407 e. The zero-order valence-corrected chi connectivity index (χ0v) is 14.0. The van der Waals surface area contributed by atoms with Gasteiger partial charge in [0.15, 0.2) is 0 Å². The highest BCUT2D eigenvalue weighted by molar-refractivity contribution is 6.29. The summed E-state index contributed by atoms with van der Waals surface area (Å²) in [6.45, 7) is 0.171. The van der Waals surface area contributed by atoms with Crippen LogP contribution in [-0.2, 0) is 11.3 Å². The number of nitrogens with zero attached hydrogens (tertiary/aromatic N) is 1. The van der Waals surface area contributed by atoms with Crippen molar-refractivity contribution < 1.29 is 24.1 Å². The molecule has 134 valence electrons. The fourth-order valence-electron chi connectivity index (χ4n) is 2.12.